The highest BCUT2D eigenvalue weighted by Gasteiger charge is 2.21. The zero-order chi connectivity index (χ0) is 23.5. The van der Waals surface area contributed by atoms with Gasteiger partial charge in [0, 0.05) is 29.8 Å². The number of methoxy groups -OCH3 is 2. The first kappa shape index (κ1) is 22.0. The van der Waals surface area contributed by atoms with Crippen LogP contribution in [0, 0.1) is 0 Å². The molecule has 0 aliphatic carbocycles. The number of anilines is 2. The van der Waals surface area contributed by atoms with E-state index in [-0.39, 0.29) is 5.91 Å². The maximum atomic E-state index is 13.1. The van der Waals surface area contributed by atoms with Gasteiger partial charge < -0.3 is 19.7 Å². The number of carbonyl (C=O) groups excluding carboxylic acids is 1. The summed E-state index contributed by atoms with van der Waals surface area (Å²) in [4.78, 5) is 20.0. The Labute approximate surface area is 202 Å². The van der Waals surface area contributed by atoms with E-state index in [0.29, 0.717) is 22.2 Å². The largest absolute Gasteiger partial charge is 0.493 e. The molecule has 0 unspecified atom stereocenters. The van der Waals surface area contributed by atoms with Crippen molar-refractivity contribution < 1.29 is 14.3 Å². The van der Waals surface area contributed by atoms with Gasteiger partial charge in [0.15, 0.2) is 11.5 Å². The summed E-state index contributed by atoms with van der Waals surface area (Å²) in [5.74, 6) is 0.986. The van der Waals surface area contributed by atoms with E-state index in [1.807, 2.05) is 36.4 Å². The van der Waals surface area contributed by atoms with Gasteiger partial charge in [0.05, 0.1) is 19.8 Å². The SMILES string of the molecule is COc1cccc(-c2nc(C(=O)Nc3ccccc3CN3CCc4ccccc43)cs2)c1OC. The van der Waals surface area contributed by atoms with Crippen molar-refractivity contribution in [1.82, 2.24) is 4.98 Å². The van der Waals surface area contributed by atoms with Gasteiger partial charge in [-0.25, -0.2) is 4.98 Å². The van der Waals surface area contributed by atoms with Gasteiger partial charge in [-0.2, -0.15) is 0 Å². The van der Waals surface area contributed by atoms with E-state index in [2.05, 4.69) is 45.5 Å². The van der Waals surface area contributed by atoms with Crippen LogP contribution >= 0.6 is 11.3 Å². The molecule has 1 aliphatic heterocycles. The topological polar surface area (TPSA) is 63.7 Å². The van der Waals surface area contributed by atoms with Crippen LogP contribution in [-0.2, 0) is 13.0 Å². The number of carbonyl (C=O) groups is 1. The number of nitrogens with one attached hydrogen (secondary N) is 1. The second kappa shape index (κ2) is 9.57. The van der Waals surface area contributed by atoms with Gasteiger partial charge in [0.2, 0.25) is 0 Å². The summed E-state index contributed by atoms with van der Waals surface area (Å²) >= 11 is 1.40. The average Bonchev–Trinajstić information content (AvgIpc) is 3.53. The van der Waals surface area contributed by atoms with Crippen LogP contribution in [0.2, 0.25) is 0 Å². The van der Waals surface area contributed by atoms with Crippen LogP contribution in [0.15, 0.2) is 72.1 Å². The van der Waals surface area contributed by atoms with Crippen molar-refractivity contribution in [1.29, 1.82) is 0 Å². The molecule has 1 aliphatic rings. The number of aromatic nitrogens is 1. The Kier molecular flexibility index (Phi) is 6.18. The summed E-state index contributed by atoms with van der Waals surface area (Å²) in [6.45, 7) is 1.70. The minimum absolute atomic E-state index is 0.237. The molecule has 1 aromatic heterocycles. The molecule has 0 saturated carbocycles. The first-order valence-corrected chi connectivity index (χ1v) is 11.9. The molecular formula is C27H25N3O3S. The number of hydrogen-bond acceptors (Lipinski definition) is 6. The Morgan fingerprint density at radius 3 is 2.71 bits per heavy atom. The maximum Gasteiger partial charge on any atom is 0.275 e. The molecule has 172 valence electrons. The Bertz CT molecular complexity index is 1330. The van der Waals surface area contributed by atoms with Gasteiger partial charge >= 0.3 is 0 Å². The molecular weight excluding hydrogens is 446 g/mol. The van der Waals surface area contributed by atoms with E-state index in [4.69, 9.17) is 9.47 Å². The number of benzene rings is 3. The Morgan fingerprint density at radius 2 is 1.85 bits per heavy atom. The smallest absolute Gasteiger partial charge is 0.275 e. The van der Waals surface area contributed by atoms with Gasteiger partial charge in [0.25, 0.3) is 5.91 Å². The normalized spacial score (nSPS) is 12.4. The van der Waals surface area contributed by atoms with E-state index in [9.17, 15) is 4.79 Å². The van der Waals surface area contributed by atoms with Crippen LogP contribution in [0.1, 0.15) is 21.6 Å². The summed E-state index contributed by atoms with van der Waals surface area (Å²) in [6.07, 6.45) is 1.04. The van der Waals surface area contributed by atoms with Crippen molar-refractivity contribution in [2.24, 2.45) is 0 Å². The van der Waals surface area contributed by atoms with Crippen LogP contribution < -0.4 is 19.7 Å². The highest BCUT2D eigenvalue weighted by Crippen LogP contribution is 2.39. The molecule has 5 rings (SSSR count). The lowest BCUT2D eigenvalue weighted by Gasteiger charge is -2.21. The molecule has 0 spiro atoms. The van der Waals surface area contributed by atoms with E-state index in [0.717, 1.165) is 36.3 Å². The number of ether oxygens (including phenoxy) is 2. The van der Waals surface area contributed by atoms with E-state index in [1.54, 1.807) is 19.6 Å². The molecule has 1 N–H and O–H groups in total. The highest BCUT2D eigenvalue weighted by atomic mass is 32.1. The Balaban J connectivity index is 1.35. The fraction of sp³-hybridized carbons (Fsp3) is 0.185. The lowest BCUT2D eigenvalue weighted by molar-refractivity contribution is 0.102. The number of para-hydroxylation sites is 3. The number of rotatable bonds is 7. The molecule has 6 nitrogen and oxygen atoms in total. The quantitative estimate of drug-likeness (QED) is 0.378. The lowest BCUT2D eigenvalue weighted by atomic mass is 10.1. The fourth-order valence-corrected chi connectivity index (χ4v) is 5.12. The standard InChI is InChI=1S/C27H25N3O3S/c1-32-24-13-7-10-20(25(24)33-2)27-29-22(17-34-27)26(31)28-21-11-5-3-9-19(21)16-30-15-14-18-8-4-6-12-23(18)30/h3-13,17H,14-16H2,1-2H3,(H,28,31). The minimum Gasteiger partial charge on any atom is -0.493 e. The fourth-order valence-electron chi connectivity index (χ4n) is 4.30. The number of nitrogens with zero attached hydrogens (tertiary/aromatic N) is 2. The van der Waals surface area contributed by atoms with Crippen molar-refractivity contribution in [2.45, 2.75) is 13.0 Å². The molecule has 4 aromatic rings. The van der Waals surface area contributed by atoms with Crippen molar-refractivity contribution in [3.8, 4) is 22.1 Å². The summed E-state index contributed by atoms with van der Waals surface area (Å²) in [5, 5.41) is 5.53. The molecule has 0 bridgehead atoms. The van der Waals surface area contributed by atoms with E-state index in [1.165, 1.54) is 22.6 Å². The molecule has 3 aromatic carbocycles. The predicted octanol–water partition coefficient (Wildman–Crippen LogP) is 5.64. The van der Waals surface area contributed by atoms with E-state index < -0.39 is 0 Å². The molecule has 0 saturated heterocycles. The van der Waals surface area contributed by atoms with Crippen molar-refractivity contribution >= 4 is 28.6 Å². The van der Waals surface area contributed by atoms with Gasteiger partial charge in [-0.3, -0.25) is 4.79 Å². The van der Waals surface area contributed by atoms with Crippen LogP contribution in [0.3, 0.4) is 0 Å². The Hall–Kier alpha value is -3.84. The van der Waals surface area contributed by atoms with Crippen molar-refractivity contribution in [3.05, 3.63) is 88.9 Å². The molecule has 7 heteroatoms. The minimum atomic E-state index is -0.237. The summed E-state index contributed by atoms with van der Waals surface area (Å²) < 4.78 is 10.9. The predicted molar refractivity (Wildman–Crippen MR) is 136 cm³/mol. The van der Waals surface area contributed by atoms with Gasteiger partial charge in [-0.05, 0) is 41.8 Å². The van der Waals surface area contributed by atoms with Crippen LogP contribution in [0.5, 0.6) is 11.5 Å². The molecule has 34 heavy (non-hydrogen) atoms. The van der Waals surface area contributed by atoms with Crippen LogP contribution in [0.4, 0.5) is 11.4 Å². The third-order valence-electron chi connectivity index (χ3n) is 5.98. The third-order valence-corrected chi connectivity index (χ3v) is 6.86. The summed E-state index contributed by atoms with van der Waals surface area (Å²) in [7, 11) is 3.19. The van der Waals surface area contributed by atoms with Gasteiger partial charge in [0.1, 0.15) is 10.7 Å². The average molecular weight is 472 g/mol. The molecule has 0 atom stereocenters. The summed E-state index contributed by atoms with van der Waals surface area (Å²) in [6, 6.07) is 22.1. The molecule has 2 heterocycles. The number of amides is 1. The third kappa shape index (κ3) is 4.22. The zero-order valence-electron chi connectivity index (χ0n) is 19.1. The molecule has 0 fully saturated rings. The van der Waals surface area contributed by atoms with Crippen LogP contribution in [-0.4, -0.2) is 31.7 Å². The van der Waals surface area contributed by atoms with Gasteiger partial charge in [-0.15, -0.1) is 11.3 Å². The first-order valence-electron chi connectivity index (χ1n) is 11.1. The van der Waals surface area contributed by atoms with Crippen LogP contribution in [0.25, 0.3) is 10.6 Å². The zero-order valence-corrected chi connectivity index (χ0v) is 19.9. The number of fused-ring (bicyclic) bond motifs is 1. The second-order valence-corrected chi connectivity index (χ2v) is 8.85. The Morgan fingerprint density at radius 1 is 1.03 bits per heavy atom. The first-order chi connectivity index (χ1) is 16.7. The van der Waals surface area contributed by atoms with Crippen molar-refractivity contribution in [2.75, 3.05) is 31.0 Å². The van der Waals surface area contributed by atoms with E-state index >= 15 is 0 Å². The summed E-state index contributed by atoms with van der Waals surface area (Å²) in [5.41, 5.74) is 5.65. The van der Waals surface area contributed by atoms with Crippen molar-refractivity contribution in [3.63, 3.8) is 0 Å². The molecule has 1 amide bonds. The maximum absolute atomic E-state index is 13.1. The molecule has 0 radical (unpaired) electrons. The van der Waals surface area contributed by atoms with Gasteiger partial charge in [-0.1, -0.05) is 42.5 Å². The number of thiazole rings is 1. The second-order valence-electron chi connectivity index (χ2n) is 7.99. The lowest BCUT2D eigenvalue weighted by Crippen LogP contribution is -2.21. The highest BCUT2D eigenvalue weighted by molar-refractivity contribution is 7.13. The monoisotopic (exact) mass is 471 g/mol. The number of hydrogen-bond donors (Lipinski definition) is 1.